The summed E-state index contributed by atoms with van der Waals surface area (Å²) in [5.74, 6) is 1.66. The summed E-state index contributed by atoms with van der Waals surface area (Å²) in [5.41, 5.74) is 13.5. The van der Waals surface area contributed by atoms with Gasteiger partial charge in [-0.15, -0.1) is 0 Å². The third-order valence-electron chi connectivity index (χ3n) is 5.31. The van der Waals surface area contributed by atoms with Crippen molar-refractivity contribution in [2.45, 2.75) is 57.7 Å². The van der Waals surface area contributed by atoms with Crippen molar-refractivity contribution >= 4 is 11.5 Å². The van der Waals surface area contributed by atoms with E-state index in [0.717, 1.165) is 37.9 Å². The number of amidine groups is 1. The minimum absolute atomic E-state index is 0.243. The molecule has 2 aliphatic carbocycles. The van der Waals surface area contributed by atoms with E-state index in [2.05, 4.69) is 47.7 Å². The van der Waals surface area contributed by atoms with E-state index in [1.165, 1.54) is 29.8 Å². The van der Waals surface area contributed by atoms with Crippen molar-refractivity contribution in [3.05, 3.63) is 41.5 Å². The van der Waals surface area contributed by atoms with Crippen molar-refractivity contribution in [1.29, 1.82) is 0 Å². The summed E-state index contributed by atoms with van der Waals surface area (Å²) >= 11 is 0. The Morgan fingerprint density at radius 1 is 1.30 bits per heavy atom. The van der Waals surface area contributed by atoms with Crippen LogP contribution in [0.3, 0.4) is 0 Å². The first-order valence-electron chi connectivity index (χ1n) is 8.80. The van der Waals surface area contributed by atoms with Crippen molar-refractivity contribution in [2.24, 2.45) is 16.6 Å². The van der Waals surface area contributed by atoms with Crippen LogP contribution in [0.2, 0.25) is 0 Å². The van der Waals surface area contributed by atoms with E-state index in [-0.39, 0.29) is 5.66 Å². The monoisotopic (exact) mass is 310 g/mol. The Balaban J connectivity index is 1.66. The molecule has 1 aromatic rings. The number of benzene rings is 1. The molecule has 0 spiro atoms. The van der Waals surface area contributed by atoms with Gasteiger partial charge in [0.05, 0.1) is 17.9 Å². The highest BCUT2D eigenvalue weighted by Crippen LogP contribution is 2.34. The highest BCUT2D eigenvalue weighted by molar-refractivity contribution is 5.89. The van der Waals surface area contributed by atoms with Gasteiger partial charge in [-0.1, -0.05) is 29.8 Å². The van der Waals surface area contributed by atoms with E-state index in [9.17, 15) is 0 Å². The first-order valence-corrected chi connectivity index (χ1v) is 8.80. The number of hydrazine groups is 1. The molecule has 0 radical (unpaired) electrons. The molecule has 4 nitrogen and oxygen atoms in total. The van der Waals surface area contributed by atoms with Crippen LogP contribution in [0.15, 0.2) is 35.3 Å². The van der Waals surface area contributed by atoms with E-state index >= 15 is 0 Å². The smallest absolute Gasteiger partial charge is 0.123 e. The molecule has 122 valence electrons. The molecule has 0 amide bonds. The fraction of sp³-hybridized carbons (Fsp3) is 0.526. The van der Waals surface area contributed by atoms with E-state index in [1.54, 1.807) is 0 Å². The number of nitrogens with one attached hydrogen (secondary N) is 1. The number of allylic oxidation sites excluding steroid dienone is 2. The van der Waals surface area contributed by atoms with Gasteiger partial charge in [0.1, 0.15) is 5.84 Å². The average Bonchev–Trinajstić information content (AvgIpc) is 2.53. The van der Waals surface area contributed by atoms with Gasteiger partial charge in [0, 0.05) is 5.92 Å². The molecule has 0 aromatic heterocycles. The molecule has 3 aliphatic rings. The number of rotatable bonds is 3. The number of aryl methyl sites for hydroxylation is 1. The second-order valence-electron chi connectivity index (χ2n) is 7.29. The summed E-state index contributed by atoms with van der Waals surface area (Å²) in [4.78, 5) is 5.02. The number of hydrogen-bond donors (Lipinski definition) is 2. The van der Waals surface area contributed by atoms with Crippen LogP contribution in [-0.2, 0) is 6.54 Å². The number of nitrogens with zero attached hydrogens (tertiary/aromatic N) is 2. The Bertz CT molecular complexity index is 657. The summed E-state index contributed by atoms with van der Waals surface area (Å²) in [5, 5.41) is 2.24. The highest BCUT2D eigenvalue weighted by Gasteiger charge is 2.37. The molecule has 4 rings (SSSR count). The summed E-state index contributed by atoms with van der Waals surface area (Å²) in [6, 6.07) is 6.55. The lowest BCUT2D eigenvalue weighted by Gasteiger charge is -2.46. The highest BCUT2D eigenvalue weighted by atomic mass is 15.6. The lowest BCUT2D eigenvalue weighted by molar-refractivity contribution is 0.0909. The first kappa shape index (κ1) is 14.9. The first-order chi connectivity index (χ1) is 11.1. The molecule has 1 aromatic carbocycles. The summed E-state index contributed by atoms with van der Waals surface area (Å²) < 4.78 is 0. The molecule has 1 heterocycles. The van der Waals surface area contributed by atoms with Gasteiger partial charge in [-0.3, -0.25) is 5.01 Å². The lowest BCUT2D eigenvalue weighted by atomic mass is 9.86. The van der Waals surface area contributed by atoms with Gasteiger partial charge >= 0.3 is 0 Å². The van der Waals surface area contributed by atoms with Crippen LogP contribution in [0.4, 0.5) is 5.69 Å². The standard InChI is InChI=1S/C19H26N4/c1-14-8-9-17-16(12-14)13-23(22-19(20)10-5-11-19)18(21-17)15-6-3-2-4-7-15/h2-3,8-9,12,15,22H,4-7,10-11,13,20H2,1H3. The summed E-state index contributed by atoms with van der Waals surface area (Å²) in [6.07, 6.45) is 11.3. The molecular formula is C19H26N4. The van der Waals surface area contributed by atoms with E-state index in [4.69, 9.17) is 10.7 Å². The maximum Gasteiger partial charge on any atom is 0.123 e. The third-order valence-corrected chi connectivity index (χ3v) is 5.31. The van der Waals surface area contributed by atoms with Crippen LogP contribution in [0.1, 0.15) is 49.7 Å². The SMILES string of the molecule is Cc1ccc2c(c1)CN(NC1(N)CCC1)C(C1CC=CCC1)=N2. The van der Waals surface area contributed by atoms with Crippen LogP contribution in [0.5, 0.6) is 0 Å². The number of fused-ring (bicyclic) bond motifs is 1. The quantitative estimate of drug-likeness (QED) is 0.663. The van der Waals surface area contributed by atoms with Crippen molar-refractivity contribution in [3.8, 4) is 0 Å². The van der Waals surface area contributed by atoms with E-state index in [1.807, 2.05) is 0 Å². The molecule has 1 unspecified atom stereocenters. The van der Waals surface area contributed by atoms with Gasteiger partial charge < -0.3 is 5.73 Å². The summed E-state index contributed by atoms with van der Waals surface area (Å²) in [6.45, 7) is 2.99. The molecule has 1 fully saturated rings. The fourth-order valence-electron chi connectivity index (χ4n) is 3.76. The Labute approximate surface area is 138 Å². The predicted molar refractivity (Wildman–Crippen MR) is 94.2 cm³/mol. The largest absolute Gasteiger partial charge is 0.312 e. The average molecular weight is 310 g/mol. The third kappa shape index (κ3) is 2.93. The number of hydrogen-bond acceptors (Lipinski definition) is 4. The molecule has 4 heteroatoms. The van der Waals surface area contributed by atoms with Crippen molar-refractivity contribution in [1.82, 2.24) is 10.4 Å². The second kappa shape index (κ2) is 5.77. The number of aliphatic imine (C=N–C) groups is 1. The lowest BCUT2D eigenvalue weighted by Crippen LogP contribution is -2.65. The molecule has 0 bridgehead atoms. The van der Waals surface area contributed by atoms with E-state index < -0.39 is 0 Å². The van der Waals surface area contributed by atoms with Crippen molar-refractivity contribution in [2.75, 3.05) is 0 Å². The van der Waals surface area contributed by atoms with Crippen molar-refractivity contribution < 1.29 is 0 Å². The molecule has 0 saturated heterocycles. The maximum atomic E-state index is 6.45. The maximum absolute atomic E-state index is 6.45. The molecule has 1 atom stereocenters. The number of nitrogens with two attached hydrogens (primary N) is 1. The Hall–Kier alpha value is -1.65. The topological polar surface area (TPSA) is 53.6 Å². The molecule has 1 aliphatic heterocycles. The van der Waals surface area contributed by atoms with Gasteiger partial charge in [-0.2, -0.15) is 0 Å². The minimum atomic E-state index is -0.243. The normalized spacial score (nSPS) is 25.6. The molecule has 1 saturated carbocycles. The predicted octanol–water partition coefficient (Wildman–Crippen LogP) is 3.54. The summed E-state index contributed by atoms with van der Waals surface area (Å²) in [7, 11) is 0. The van der Waals surface area contributed by atoms with Gasteiger partial charge in [0.2, 0.25) is 0 Å². The van der Waals surface area contributed by atoms with E-state index in [0.29, 0.717) is 5.92 Å². The zero-order chi connectivity index (χ0) is 15.9. The van der Waals surface area contributed by atoms with Crippen LogP contribution >= 0.6 is 0 Å². The van der Waals surface area contributed by atoms with Crippen LogP contribution in [-0.4, -0.2) is 16.5 Å². The van der Waals surface area contributed by atoms with Gasteiger partial charge in [-0.05, 0) is 57.1 Å². The molecule has 3 N–H and O–H groups in total. The minimum Gasteiger partial charge on any atom is -0.312 e. The molecular weight excluding hydrogens is 284 g/mol. The van der Waals surface area contributed by atoms with Gasteiger partial charge in [0.25, 0.3) is 0 Å². The molecule has 23 heavy (non-hydrogen) atoms. The Morgan fingerprint density at radius 2 is 2.17 bits per heavy atom. The Morgan fingerprint density at radius 3 is 2.87 bits per heavy atom. The van der Waals surface area contributed by atoms with Gasteiger partial charge in [-0.25, -0.2) is 10.4 Å². The van der Waals surface area contributed by atoms with Crippen LogP contribution < -0.4 is 11.2 Å². The zero-order valence-electron chi connectivity index (χ0n) is 13.9. The van der Waals surface area contributed by atoms with Crippen LogP contribution in [0, 0.1) is 12.8 Å². The second-order valence-corrected chi connectivity index (χ2v) is 7.29. The van der Waals surface area contributed by atoms with Crippen LogP contribution in [0.25, 0.3) is 0 Å². The zero-order valence-corrected chi connectivity index (χ0v) is 13.9. The van der Waals surface area contributed by atoms with Crippen molar-refractivity contribution in [3.63, 3.8) is 0 Å². The Kier molecular flexibility index (Phi) is 3.74. The fourth-order valence-corrected chi connectivity index (χ4v) is 3.76. The van der Waals surface area contributed by atoms with Gasteiger partial charge in [0.15, 0.2) is 0 Å².